The maximum Gasteiger partial charge on any atom is 0.305 e. The molecule has 0 bridgehead atoms. The molecule has 2 unspecified atom stereocenters. The summed E-state index contributed by atoms with van der Waals surface area (Å²) in [5, 5.41) is 23.4. The largest absolute Gasteiger partial charge is 0.466 e. The monoisotopic (exact) mass is 1070 g/mol. The lowest BCUT2D eigenvalue weighted by molar-refractivity contribution is -0.143. The van der Waals surface area contributed by atoms with Gasteiger partial charge in [0.2, 0.25) is 5.91 Å². The lowest BCUT2D eigenvalue weighted by atomic mass is 10.0. The van der Waals surface area contributed by atoms with E-state index in [1.54, 1.807) is 0 Å². The van der Waals surface area contributed by atoms with Gasteiger partial charge in [-0.15, -0.1) is 0 Å². The number of aliphatic hydroxyl groups excluding tert-OH is 2. The zero-order valence-electron chi connectivity index (χ0n) is 52.0. The number of hydrogen-bond donors (Lipinski definition) is 3. The molecule has 1 amide bonds. The third kappa shape index (κ3) is 62.1. The van der Waals surface area contributed by atoms with Gasteiger partial charge >= 0.3 is 5.97 Å². The highest BCUT2D eigenvalue weighted by molar-refractivity contribution is 5.76. The molecule has 0 saturated heterocycles. The first-order valence-corrected chi connectivity index (χ1v) is 35.3. The van der Waals surface area contributed by atoms with Crippen LogP contribution in [0.5, 0.6) is 0 Å². The molecule has 0 aliphatic heterocycles. The average molecular weight is 1070 g/mol. The van der Waals surface area contributed by atoms with Gasteiger partial charge in [-0.3, -0.25) is 9.59 Å². The van der Waals surface area contributed by atoms with E-state index in [9.17, 15) is 19.8 Å². The Hall–Kier alpha value is -1.14. The number of carbonyl (C=O) groups excluding carboxylic acids is 2. The molecule has 0 aromatic carbocycles. The Bertz CT molecular complexity index is 1100. The van der Waals surface area contributed by atoms with Crippen molar-refractivity contribution in [2.45, 2.75) is 424 Å². The third-order valence-electron chi connectivity index (χ3n) is 16.9. The molecule has 6 heteroatoms. The van der Waals surface area contributed by atoms with Crippen LogP contribution in [0.25, 0.3) is 0 Å². The molecule has 3 N–H and O–H groups in total. The number of unbranched alkanes of at least 4 members (excludes halogenated alkanes) is 56. The van der Waals surface area contributed by atoms with E-state index < -0.39 is 12.1 Å². The van der Waals surface area contributed by atoms with Crippen LogP contribution in [0.2, 0.25) is 0 Å². The van der Waals surface area contributed by atoms with Gasteiger partial charge < -0.3 is 20.3 Å². The van der Waals surface area contributed by atoms with E-state index in [4.69, 9.17) is 4.74 Å². The van der Waals surface area contributed by atoms with Crippen molar-refractivity contribution in [3.05, 3.63) is 0 Å². The lowest BCUT2D eigenvalue weighted by Gasteiger charge is -2.22. The first kappa shape index (κ1) is 74.9. The summed E-state index contributed by atoms with van der Waals surface area (Å²) in [4.78, 5) is 24.6. The van der Waals surface area contributed by atoms with Crippen LogP contribution in [-0.4, -0.2) is 47.4 Å². The lowest BCUT2D eigenvalue weighted by Crippen LogP contribution is -2.45. The number of ether oxygens (including phenoxy) is 1. The van der Waals surface area contributed by atoms with Gasteiger partial charge in [0, 0.05) is 12.8 Å². The SMILES string of the molecule is CCCCCCCCCCCCCCCCCCCC(=O)OCCCCCCCCCCCCCCCCCCCCCCCCCCCC(=O)NC(CO)C(O)CCCCCCCCCCCCCCCCCCC. The van der Waals surface area contributed by atoms with Gasteiger partial charge in [0.15, 0.2) is 0 Å². The third-order valence-corrected chi connectivity index (χ3v) is 16.9. The van der Waals surface area contributed by atoms with Crippen molar-refractivity contribution in [3.8, 4) is 0 Å². The van der Waals surface area contributed by atoms with Crippen molar-refractivity contribution < 1.29 is 24.5 Å². The number of aliphatic hydroxyl groups is 2. The van der Waals surface area contributed by atoms with Gasteiger partial charge in [-0.2, -0.15) is 0 Å². The molecule has 0 rings (SSSR count). The van der Waals surface area contributed by atoms with Crippen molar-refractivity contribution in [1.29, 1.82) is 0 Å². The topological polar surface area (TPSA) is 95.9 Å². The summed E-state index contributed by atoms with van der Waals surface area (Å²) in [5.41, 5.74) is 0. The van der Waals surface area contributed by atoms with E-state index in [-0.39, 0.29) is 18.5 Å². The van der Waals surface area contributed by atoms with Crippen molar-refractivity contribution in [2.24, 2.45) is 0 Å². The summed E-state index contributed by atoms with van der Waals surface area (Å²) in [6.45, 7) is 5.01. The van der Waals surface area contributed by atoms with Crippen LogP contribution in [0.1, 0.15) is 412 Å². The van der Waals surface area contributed by atoms with Crippen molar-refractivity contribution >= 4 is 11.9 Å². The molecule has 76 heavy (non-hydrogen) atoms. The summed E-state index contributed by atoms with van der Waals surface area (Å²) in [5.74, 6) is -0.00696. The molecule has 0 aliphatic carbocycles. The molecule has 0 radical (unpaired) electrons. The summed E-state index contributed by atoms with van der Waals surface area (Å²) < 4.78 is 5.51. The zero-order valence-corrected chi connectivity index (χ0v) is 52.0. The second-order valence-electron chi connectivity index (χ2n) is 24.6. The van der Waals surface area contributed by atoms with Gasteiger partial charge in [-0.05, 0) is 25.7 Å². The predicted molar refractivity (Wildman–Crippen MR) is 334 cm³/mol. The fourth-order valence-corrected chi connectivity index (χ4v) is 11.5. The van der Waals surface area contributed by atoms with Gasteiger partial charge in [0.1, 0.15) is 0 Å². The van der Waals surface area contributed by atoms with E-state index in [2.05, 4.69) is 19.2 Å². The molecular formula is C70H139NO5. The van der Waals surface area contributed by atoms with Crippen LogP contribution in [0, 0.1) is 0 Å². The van der Waals surface area contributed by atoms with E-state index >= 15 is 0 Å². The molecule has 0 saturated carbocycles. The fraction of sp³-hybridized carbons (Fsp3) is 0.971. The molecule has 0 aromatic heterocycles. The molecule has 0 spiro atoms. The van der Waals surface area contributed by atoms with Crippen molar-refractivity contribution in [1.82, 2.24) is 5.32 Å². The maximum atomic E-state index is 12.5. The predicted octanol–water partition coefficient (Wildman–Crippen LogP) is 22.6. The van der Waals surface area contributed by atoms with Gasteiger partial charge in [0.25, 0.3) is 0 Å². The Kier molecular flexibility index (Phi) is 65.4. The number of carbonyl (C=O) groups is 2. The van der Waals surface area contributed by atoms with Crippen LogP contribution in [0.4, 0.5) is 0 Å². The number of esters is 1. The minimum atomic E-state index is -0.662. The highest BCUT2D eigenvalue weighted by Crippen LogP contribution is 2.20. The van der Waals surface area contributed by atoms with Gasteiger partial charge in [-0.25, -0.2) is 0 Å². The summed E-state index contributed by atoms with van der Waals surface area (Å²) >= 11 is 0. The average Bonchev–Trinajstić information content (AvgIpc) is 3.42. The van der Waals surface area contributed by atoms with E-state index in [0.29, 0.717) is 25.9 Å². The molecule has 6 nitrogen and oxygen atoms in total. The van der Waals surface area contributed by atoms with Gasteiger partial charge in [0.05, 0.1) is 25.4 Å². The van der Waals surface area contributed by atoms with E-state index in [1.807, 2.05) is 0 Å². The molecule has 0 heterocycles. The van der Waals surface area contributed by atoms with Crippen LogP contribution in [-0.2, 0) is 14.3 Å². The normalized spacial score (nSPS) is 12.4. The van der Waals surface area contributed by atoms with Crippen molar-refractivity contribution in [3.63, 3.8) is 0 Å². The molecular weight excluding hydrogens is 935 g/mol. The first-order chi connectivity index (χ1) is 37.5. The first-order valence-electron chi connectivity index (χ1n) is 35.3. The van der Waals surface area contributed by atoms with Crippen LogP contribution in [0.15, 0.2) is 0 Å². The Morgan fingerprint density at radius 2 is 0.539 bits per heavy atom. The highest BCUT2D eigenvalue weighted by Gasteiger charge is 2.20. The Balaban J connectivity index is 3.33. The smallest absolute Gasteiger partial charge is 0.305 e. The summed E-state index contributed by atoms with van der Waals surface area (Å²) in [7, 11) is 0. The van der Waals surface area contributed by atoms with E-state index in [0.717, 1.165) is 38.5 Å². The summed E-state index contributed by atoms with van der Waals surface area (Å²) in [6, 6.07) is -0.539. The number of rotatable bonds is 67. The van der Waals surface area contributed by atoms with Crippen molar-refractivity contribution in [2.75, 3.05) is 13.2 Å². The minimum absolute atomic E-state index is 0.0218. The van der Waals surface area contributed by atoms with Crippen LogP contribution in [0.3, 0.4) is 0 Å². The second kappa shape index (κ2) is 66.4. The zero-order chi connectivity index (χ0) is 55.0. The molecule has 0 fully saturated rings. The number of amides is 1. The number of hydrogen-bond acceptors (Lipinski definition) is 5. The van der Waals surface area contributed by atoms with Gasteiger partial charge in [-0.1, -0.05) is 373 Å². The van der Waals surface area contributed by atoms with Crippen LogP contribution >= 0.6 is 0 Å². The Morgan fingerprint density at radius 3 is 0.803 bits per heavy atom. The molecule has 0 aliphatic rings. The number of nitrogens with one attached hydrogen (secondary N) is 1. The molecule has 0 aromatic rings. The maximum absolute atomic E-state index is 12.5. The molecule has 454 valence electrons. The fourth-order valence-electron chi connectivity index (χ4n) is 11.5. The minimum Gasteiger partial charge on any atom is -0.466 e. The summed E-state index contributed by atoms with van der Waals surface area (Å²) in [6.07, 6.45) is 80.0. The molecule has 2 atom stereocenters. The highest BCUT2D eigenvalue weighted by atomic mass is 16.5. The standard InChI is InChI=1S/C70H139NO5/c1-3-5-7-9-11-13-15-17-19-30-34-38-42-46-50-54-58-62-68(73)67(66-72)71-69(74)63-59-55-51-47-43-39-35-32-28-26-24-22-21-23-25-27-29-33-37-41-45-49-53-57-61-65-76-70(75)64-60-56-52-48-44-40-36-31-20-18-16-14-12-10-8-6-4-2/h67-68,72-73H,3-66H2,1-2H3,(H,71,74). The van der Waals surface area contributed by atoms with E-state index in [1.165, 1.54) is 340 Å². The Morgan fingerprint density at radius 1 is 0.316 bits per heavy atom. The quantitative estimate of drug-likeness (QED) is 0.0417. The Labute approximate surface area is 476 Å². The van der Waals surface area contributed by atoms with Crippen LogP contribution < -0.4 is 5.32 Å². The second-order valence-corrected chi connectivity index (χ2v) is 24.6.